The van der Waals surface area contributed by atoms with Crippen molar-refractivity contribution in [2.24, 2.45) is 0 Å². The zero-order valence-corrected chi connectivity index (χ0v) is 16.3. The number of amides is 1. The predicted octanol–water partition coefficient (Wildman–Crippen LogP) is 3.10. The monoisotopic (exact) mass is 395 g/mol. The van der Waals surface area contributed by atoms with Gasteiger partial charge in [0.25, 0.3) is 5.91 Å². The average Bonchev–Trinajstić information content (AvgIpc) is 3.10. The molecule has 0 radical (unpaired) electrons. The molecule has 28 heavy (non-hydrogen) atoms. The van der Waals surface area contributed by atoms with Crippen LogP contribution in [-0.4, -0.2) is 39.2 Å². The Kier molecular flexibility index (Phi) is 5.03. The van der Waals surface area contributed by atoms with Crippen LogP contribution in [0.3, 0.4) is 0 Å². The number of benzene rings is 1. The van der Waals surface area contributed by atoms with Crippen LogP contribution in [0.25, 0.3) is 11.2 Å². The topological polar surface area (TPSA) is 130 Å². The lowest BCUT2D eigenvalue weighted by Gasteiger charge is -2.16. The van der Waals surface area contributed by atoms with E-state index in [9.17, 15) is 4.79 Å². The van der Waals surface area contributed by atoms with Crippen molar-refractivity contribution in [2.45, 2.75) is 19.4 Å². The van der Waals surface area contributed by atoms with Gasteiger partial charge in [-0.15, -0.1) is 0 Å². The van der Waals surface area contributed by atoms with E-state index in [-0.39, 0.29) is 11.3 Å². The molecule has 142 valence electrons. The van der Waals surface area contributed by atoms with Crippen molar-refractivity contribution in [2.75, 3.05) is 12.4 Å². The molecule has 3 aromatic rings. The number of halogens is 1. The summed E-state index contributed by atoms with van der Waals surface area (Å²) >= 11 is 6.02. The Labute approximate surface area is 166 Å². The van der Waals surface area contributed by atoms with Crippen molar-refractivity contribution in [1.29, 1.82) is 10.7 Å². The Morgan fingerprint density at radius 3 is 2.79 bits per heavy atom. The van der Waals surface area contributed by atoms with Gasteiger partial charge in [-0.1, -0.05) is 11.6 Å². The maximum Gasteiger partial charge on any atom is 0.256 e. The van der Waals surface area contributed by atoms with Gasteiger partial charge in [0.05, 0.1) is 23.5 Å². The lowest BCUT2D eigenvalue weighted by molar-refractivity contribution is 0.0931. The van der Waals surface area contributed by atoms with E-state index in [4.69, 9.17) is 22.3 Å². The third-order valence-electron chi connectivity index (χ3n) is 4.11. The number of nitrogens with one attached hydrogen (secondary N) is 4. The highest BCUT2D eigenvalue weighted by Gasteiger charge is 2.23. The van der Waals surface area contributed by atoms with E-state index in [1.165, 1.54) is 12.4 Å². The number of hydrogen-bond acceptors (Lipinski definition) is 6. The smallest absolute Gasteiger partial charge is 0.256 e. The molecule has 1 amide bonds. The Morgan fingerprint density at radius 1 is 1.36 bits per heavy atom. The molecule has 1 aromatic carbocycles. The number of fused-ring (bicyclic) bond motifs is 1. The van der Waals surface area contributed by atoms with E-state index in [1.807, 2.05) is 6.07 Å². The summed E-state index contributed by atoms with van der Waals surface area (Å²) < 4.78 is 0. The minimum Gasteiger partial charge on any atom is -0.388 e. The van der Waals surface area contributed by atoms with Crippen LogP contribution in [0.15, 0.2) is 30.6 Å². The van der Waals surface area contributed by atoms with Gasteiger partial charge in [-0.25, -0.2) is 9.97 Å². The molecule has 8 nitrogen and oxygen atoms in total. The fraction of sp³-hybridized carbons (Fsp3) is 0.211. The molecule has 0 saturated heterocycles. The SMILES string of the molecule is CNc1cc(Cl)ccc1C(=N)c1cnc2[nH]cc(C(=O)NC(C)(C)C#N)c2n1. The molecule has 9 heteroatoms. The largest absolute Gasteiger partial charge is 0.388 e. The normalized spacial score (nSPS) is 11.1. The third kappa shape index (κ3) is 3.66. The predicted molar refractivity (Wildman–Crippen MR) is 108 cm³/mol. The molecule has 0 saturated carbocycles. The Balaban J connectivity index is 2.02. The highest BCUT2D eigenvalue weighted by Crippen LogP contribution is 2.24. The standard InChI is InChI=1S/C19H18ClN7O/c1-19(2,9-21)27-18(28)12-7-24-17-16(12)26-14(8-25-17)15(22)11-5-4-10(20)6-13(11)23-3/h4-8,22-23H,1-3H3,(H,24,25)(H,27,28). The second-order valence-corrected chi connectivity index (χ2v) is 7.10. The van der Waals surface area contributed by atoms with E-state index >= 15 is 0 Å². The number of carbonyl (C=O) groups is 1. The quantitative estimate of drug-likeness (QED) is 0.493. The van der Waals surface area contributed by atoms with E-state index in [0.717, 1.165) is 0 Å². The summed E-state index contributed by atoms with van der Waals surface area (Å²) in [5.74, 6) is -0.446. The number of aromatic nitrogens is 3. The molecule has 0 bridgehead atoms. The first-order valence-electron chi connectivity index (χ1n) is 8.40. The van der Waals surface area contributed by atoms with Crippen LogP contribution < -0.4 is 10.6 Å². The van der Waals surface area contributed by atoms with Crippen LogP contribution in [0.1, 0.15) is 35.5 Å². The van der Waals surface area contributed by atoms with Gasteiger partial charge in [0.15, 0.2) is 5.65 Å². The summed E-state index contributed by atoms with van der Waals surface area (Å²) in [6.07, 6.45) is 2.96. The fourth-order valence-corrected chi connectivity index (χ4v) is 2.82. The van der Waals surface area contributed by atoms with Gasteiger partial charge < -0.3 is 15.6 Å². The molecule has 2 aromatic heterocycles. The van der Waals surface area contributed by atoms with Crippen LogP contribution in [0.2, 0.25) is 5.02 Å². The average molecular weight is 396 g/mol. The molecule has 0 aliphatic carbocycles. The van der Waals surface area contributed by atoms with Gasteiger partial charge in [0.2, 0.25) is 0 Å². The van der Waals surface area contributed by atoms with Gasteiger partial charge >= 0.3 is 0 Å². The number of nitrogens with zero attached hydrogens (tertiary/aromatic N) is 3. The summed E-state index contributed by atoms with van der Waals surface area (Å²) in [7, 11) is 1.74. The summed E-state index contributed by atoms with van der Waals surface area (Å²) in [4.78, 5) is 24.2. The van der Waals surface area contributed by atoms with E-state index < -0.39 is 11.4 Å². The molecule has 0 aliphatic heterocycles. The molecule has 0 atom stereocenters. The number of rotatable bonds is 5. The first-order chi connectivity index (χ1) is 13.3. The summed E-state index contributed by atoms with van der Waals surface area (Å²) in [6.45, 7) is 3.21. The van der Waals surface area contributed by atoms with Crippen molar-refractivity contribution in [3.8, 4) is 6.07 Å². The van der Waals surface area contributed by atoms with Crippen molar-refractivity contribution >= 4 is 40.1 Å². The summed E-state index contributed by atoms with van der Waals surface area (Å²) in [5, 5.41) is 23.8. The van der Waals surface area contributed by atoms with Gasteiger partial charge in [-0.3, -0.25) is 10.2 Å². The molecule has 3 rings (SSSR count). The molecule has 4 N–H and O–H groups in total. The maximum atomic E-state index is 12.6. The van der Waals surface area contributed by atoms with Crippen LogP contribution in [0.4, 0.5) is 5.69 Å². The minimum atomic E-state index is -1.02. The van der Waals surface area contributed by atoms with E-state index in [2.05, 4.69) is 25.6 Å². The number of anilines is 1. The minimum absolute atomic E-state index is 0.139. The molecule has 0 fully saturated rings. The van der Waals surface area contributed by atoms with Gasteiger partial charge in [0.1, 0.15) is 16.7 Å². The summed E-state index contributed by atoms with van der Waals surface area (Å²) in [5.41, 5.74) is 1.71. The Bertz CT molecular complexity index is 1130. The van der Waals surface area contributed by atoms with Crippen molar-refractivity contribution in [3.63, 3.8) is 0 Å². The van der Waals surface area contributed by atoms with Gasteiger partial charge in [-0.05, 0) is 32.0 Å². The zero-order valence-electron chi connectivity index (χ0n) is 15.5. The molecule has 0 unspecified atom stereocenters. The van der Waals surface area contributed by atoms with Gasteiger partial charge in [0, 0.05) is 29.5 Å². The zero-order chi connectivity index (χ0) is 20.5. The van der Waals surface area contributed by atoms with Crippen LogP contribution in [0.5, 0.6) is 0 Å². The molecule has 0 spiro atoms. The van der Waals surface area contributed by atoms with Crippen molar-refractivity contribution < 1.29 is 4.79 Å². The van der Waals surface area contributed by atoms with E-state index in [0.29, 0.717) is 33.1 Å². The molecule has 2 heterocycles. The van der Waals surface area contributed by atoms with Gasteiger partial charge in [-0.2, -0.15) is 5.26 Å². The molecule has 0 aliphatic rings. The molecular weight excluding hydrogens is 378 g/mol. The number of aromatic amines is 1. The highest BCUT2D eigenvalue weighted by atomic mass is 35.5. The summed E-state index contributed by atoms with van der Waals surface area (Å²) in [6, 6.07) is 7.16. The van der Waals surface area contributed by atoms with Crippen LogP contribution >= 0.6 is 11.6 Å². The maximum absolute atomic E-state index is 12.6. The first-order valence-corrected chi connectivity index (χ1v) is 8.78. The van der Waals surface area contributed by atoms with Crippen LogP contribution in [0, 0.1) is 16.7 Å². The Hall–Kier alpha value is -3.44. The lowest BCUT2D eigenvalue weighted by Crippen LogP contribution is -2.42. The fourth-order valence-electron chi connectivity index (χ4n) is 2.64. The lowest BCUT2D eigenvalue weighted by atomic mass is 10.1. The second kappa shape index (κ2) is 7.29. The third-order valence-corrected chi connectivity index (χ3v) is 4.34. The van der Waals surface area contributed by atoms with Crippen molar-refractivity contribution in [1.82, 2.24) is 20.3 Å². The highest BCUT2D eigenvalue weighted by molar-refractivity contribution is 6.31. The first kappa shape index (κ1) is 19.3. The van der Waals surface area contributed by atoms with E-state index in [1.54, 1.807) is 39.1 Å². The second-order valence-electron chi connectivity index (χ2n) is 6.66. The van der Waals surface area contributed by atoms with Crippen LogP contribution in [-0.2, 0) is 0 Å². The number of hydrogen-bond donors (Lipinski definition) is 4. The number of H-pyrrole nitrogens is 1. The molecular formula is C19H18ClN7O. The van der Waals surface area contributed by atoms with Crippen molar-refractivity contribution in [3.05, 3.63) is 52.4 Å². The Morgan fingerprint density at radius 2 is 2.11 bits per heavy atom. The number of nitriles is 1. The number of carbonyl (C=O) groups excluding carboxylic acids is 1.